The van der Waals surface area contributed by atoms with E-state index in [1.54, 1.807) is 4.90 Å². The summed E-state index contributed by atoms with van der Waals surface area (Å²) in [5.74, 6) is 0.750. The van der Waals surface area contributed by atoms with Crippen molar-refractivity contribution < 1.29 is 18.0 Å². The molecule has 0 aliphatic heterocycles. The Kier molecular flexibility index (Phi) is 4.62. The van der Waals surface area contributed by atoms with Gasteiger partial charge >= 0.3 is 6.18 Å². The second-order valence-corrected chi connectivity index (χ2v) is 6.52. The van der Waals surface area contributed by atoms with E-state index in [1.165, 1.54) is 25.0 Å². The van der Waals surface area contributed by atoms with Crippen molar-refractivity contribution in [3.05, 3.63) is 35.4 Å². The summed E-state index contributed by atoms with van der Waals surface area (Å²) < 4.78 is 37.8. The Morgan fingerprint density at radius 2 is 1.78 bits per heavy atom. The molecular weight excluding hydrogens is 305 g/mol. The van der Waals surface area contributed by atoms with Gasteiger partial charge in [-0.3, -0.25) is 4.79 Å². The van der Waals surface area contributed by atoms with Gasteiger partial charge in [0.05, 0.1) is 12.1 Å². The van der Waals surface area contributed by atoms with Crippen LogP contribution in [0.3, 0.4) is 0 Å². The third-order valence-electron chi connectivity index (χ3n) is 4.35. The van der Waals surface area contributed by atoms with E-state index < -0.39 is 11.7 Å². The molecule has 0 spiro atoms. The highest BCUT2D eigenvalue weighted by atomic mass is 19.4. The van der Waals surface area contributed by atoms with Gasteiger partial charge in [-0.05, 0) is 55.8 Å². The fraction of sp³-hybridized carbons (Fsp3) is 0.588. The molecular formula is C17H21F3N2O. The van der Waals surface area contributed by atoms with E-state index in [0.29, 0.717) is 19.0 Å². The standard InChI is InChI=1S/C17H21F3N2O/c18-17(19,20)14-5-3-13(4-6-14)11-22(15-7-8-15)16(23)10-21-9-12-1-2-12/h3-6,12,15,21H,1-2,7-11H2. The summed E-state index contributed by atoms with van der Waals surface area (Å²) in [6, 6.07) is 5.33. The van der Waals surface area contributed by atoms with Crippen LogP contribution in [0.5, 0.6) is 0 Å². The van der Waals surface area contributed by atoms with Gasteiger partial charge in [-0.1, -0.05) is 12.1 Å². The molecule has 0 radical (unpaired) electrons. The Bertz CT molecular complexity index is 548. The van der Waals surface area contributed by atoms with Gasteiger partial charge in [0.25, 0.3) is 0 Å². The lowest BCUT2D eigenvalue weighted by molar-refractivity contribution is -0.137. The smallest absolute Gasteiger partial charge is 0.334 e. The molecule has 0 unspecified atom stereocenters. The molecule has 126 valence electrons. The fourth-order valence-corrected chi connectivity index (χ4v) is 2.61. The molecule has 2 aliphatic carbocycles. The summed E-state index contributed by atoms with van der Waals surface area (Å²) in [7, 11) is 0. The van der Waals surface area contributed by atoms with Gasteiger partial charge in [0.1, 0.15) is 0 Å². The van der Waals surface area contributed by atoms with Gasteiger partial charge in [-0.15, -0.1) is 0 Å². The maximum Gasteiger partial charge on any atom is 0.416 e. The normalized spacial score (nSPS) is 18.0. The Morgan fingerprint density at radius 1 is 1.13 bits per heavy atom. The van der Waals surface area contributed by atoms with Crippen LogP contribution in [0, 0.1) is 5.92 Å². The van der Waals surface area contributed by atoms with Crippen LogP contribution in [0.4, 0.5) is 13.2 Å². The second kappa shape index (κ2) is 6.51. The van der Waals surface area contributed by atoms with Gasteiger partial charge in [0.15, 0.2) is 0 Å². The van der Waals surface area contributed by atoms with Crippen molar-refractivity contribution in [1.29, 1.82) is 0 Å². The molecule has 3 nitrogen and oxygen atoms in total. The zero-order chi connectivity index (χ0) is 16.4. The van der Waals surface area contributed by atoms with Gasteiger partial charge < -0.3 is 10.2 Å². The van der Waals surface area contributed by atoms with Crippen LogP contribution < -0.4 is 5.32 Å². The predicted octanol–water partition coefficient (Wildman–Crippen LogP) is 3.20. The average molecular weight is 326 g/mol. The van der Waals surface area contributed by atoms with Crippen molar-refractivity contribution in [2.75, 3.05) is 13.1 Å². The molecule has 23 heavy (non-hydrogen) atoms. The van der Waals surface area contributed by atoms with Crippen LogP contribution in [0.2, 0.25) is 0 Å². The minimum atomic E-state index is -4.32. The Balaban J connectivity index is 1.56. The first kappa shape index (κ1) is 16.3. The quantitative estimate of drug-likeness (QED) is 0.834. The van der Waals surface area contributed by atoms with E-state index in [9.17, 15) is 18.0 Å². The number of carbonyl (C=O) groups is 1. The van der Waals surface area contributed by atoms with Gasteiger partial charge in [0, 0.05) is 12.6 Å². The highest BCUT2D eigenvalue weighted by molar-refractivity contribution is 5.79. The van der Waals surface area contributed by atoms with Crippen LogP contribution in [-0.4, -0.2) is 29.9 Å². The number of benzene rings is 1. The minimum absolute atomic E-state index is 0.0352. The Labute approximate surface area is 133 Å². The van der Waals surface area contributed by atoms with Crippen molar-refractivity contribution in [3.63, 3.8) is 0 Å². The first-order valence-electron chi connectivity index (χ1n) is 8.10. The zero-order valence-corrected chi connectivity index (χ0v) is 12.9. The van der Waals surface area contributed by atoms with E-state index in [0.717, 1.165) is 37.1 Å². The van der Waals surface area contributed by atoms with Crippen LogP contribution in [0.25, 0.3) is 0 Å². The zero-order valence-electron chi connectivity index (χ0n) is 12.9. The lowest BCUT2D eigenvalue weighted by Gasteiger charge is -2.23. The van der Waals surface area contributed by atoms with E-state index in [2.05, 4.69) is 5.32 Å². The van der Waals surface area contributed by atoms with Crippen molar-refractivity contribution in [1.82, 2.24) is 10.2 Å². The number of halogens is 3. The topological polar surface area (TPSA) is 32.3 Å². The number of rotatable bonds is 7. The number of hydrogen-bond acceptors (Lipinski definition) is 2. The lowest BCUT2D eigenvalue weighted by Crippen LogP contribution is -2.39. The van der Waals surface area contributed by atoms with Crippen LogP contribution >= 0.6 is 0 Å². The first-order valence-corrected chi connectivity index (χ1v) is 8.10. The summed E-state index contributed by atoms with van der Waals surface area (Å²) in [5, 5.41) is 3.19. The largest absolute Gasteiger partial charge is 0.416 e. The third-order valence-corrected chi connectivity index (χ3v) is 4.35. The summed E-state index contributed by atoms with van der Waals surface area (Å²) in [5.41, 5.74) is 0.0806. The molecule has 1 aromatic rings. The molecule has 1 aromatic carbocycles. The van der Waals surface area contributed by atoms with Gasteiger partial charge in [-0.25, -0.2) is 0 Å². The van der Waals surface area contributed by atoms with Crippen LogP contribution in [0.15, 0.2) is 24.3 Å². The summed E-state index contributed by atoms with van der Waals surface area (Å²) in [6.07, 6.45) is 0.111. The third kappa shape index (κ3) is 4.70. The van der Waals surface area contributed by atoms with E-state index >= 15 is 0 Å². The molecule has 6 heteroatoms. The molecule has 0 atom stereocenters. The summed E-state index contributed by atoms with van der Waals surface area (Å²) in [4.78, 5) is 14.1. The van der Waals surface area contributed by atoms with Crippen molar-refractivity contribution in [2.45, 2.75) is 44.4 Å². The minimum Gasteiger partial charge on any atom is -0.334 e. The Hall–Kier alpha value is -1.56. The lowest BCUT2D eigenvalue weighted by atomic mass is 10.1. The number of hydrogen-bond donors (Lipinski definition) is 1. The molecule has 1 amide bonds. The maximum absolute atomic E-state index is 12.6. The molecule has 0 heterocycles. The molecule has 3 rings (SSSR count). The Morgan fingerprint density at radius 3 is 2.30 bits per heavy atom. The van der Waals surface area contributed by atoms with Crippen LogP contribution in [-0.2, 0) is 17.5 Å². The monoisotopic (exact) mass is 326 g/mol. The number of nitrogens with one attached hydrogen (secondary N) is 1. The molecule has 0 bridgehead atoms. The number of amides is 1. The number of carbonyl (C=O) groups excluding carboxylic acids is 1. The van der Waals surface area contributed by atoms with Gasteiger partial charge in [0.2, 0.25) is 5.91 Å². The van der Waals surface area contributed by atoms with Crippen LogP contribution in [0.1, 0.15) is 36.8 Å². The summed E-state index contributed by atoms with van der Waals surface area (Å²) >= 11 is 0. The molecule has 2 fully saturated rings. The van der Waals surface area contributed by atoms with Gasteiger partial charge in [-0.2, -0.15) is 13.2 Å². The summed E-state index contributed by atoms with van der Waals surface area (Å²) in [6.45, 7) is 1.57. The molecule has 2 saturated carbocycles. The highest BCUT2D eigenvalue weighted by Crippen LogP contribution is 2.31. The average Bonchev–Trinajstić information content (AvgIpc) is 3.36. The van der Waals surface area contributed by atoms with E-state index in [1.807, 2.05) is 0 Å². The highest BCUT2D eigenvalue weighted by Gasteiger charge is 2.33. The van der Waals surface area contributed by atoms with Crippen molar-refractivity contribution in [3.8, 4) is 0 Å². The first-order chi connectivity index (χ1) is 10.9. The number of nitrogens with zero attached hydrogens (tertiary/aromatic N) is 1. The number of alkyl halides is 3. The molecule has 0 aromatic heterocycles. The molecule has 2 aliphatic rings. The SMILES string of the molecule is O=C(CNCC1CC1)N(Cc1ccc(C(F)(F)F)cc1)C1CC1. The second-order valence-electron chi connectivity index (χ2n) is 6.52. The molecule has 0 saturated heterocycles. The fourth-order valence-electron chi connectivity index (χ4n) is 2.61. The predicted molar refractivity (Wildman–Crippen MR) is 80.6 cm³/mol. The van der Waals surface area contributed by atoms with E-state index in [4.69, 9.17) is 0 Å². The maximum atomic E-state index is 12.6. The molecule has 1 N–H and O–H groups in total. The van der Waals surface area contributed by atoms with E-state index in [-0.39, 0.29) is 11.9 Å². The van der Waals surface area contributed by atoms with Crippen molar-refractivity contribution in [2.24, 2.45) is 5.92 Å². The van der Waals surface area contributed by atoms with Crippen molar-refractivity contribution >= 4 is 5.91 Å².